The molecule has 0 aliphatic carbocycles. The fraction of sp³-hybridized carbons (Fsp3) is 0.294. The summed E-state index contributed by atoms with van der Waals surface area (Å²) in [5.41, 5.74) is 6.87. The topological polar surface area (TPSA) is 102 Å². The van der Waals surface area contributed by atoms with Gasteiger partial charge in [-0.05, 0) is 19.4 Å². The fourth-order valence-electron chi connectivity index (χ4n) is 2.42. The number of esters is 1. The third-order valence-electron chi connectivity index (χ3n) is 3.65. The number of nitrogen functional groups attached to an aromatic ring is 1. The van der Waals surface area contributed by atoms with Gasteiger partial charge in [0.15, 0.2) is 0 Å². The number of carbonyl (C=O) groups is 1. The number of thiophene rings is 2. The second-order valence-corrected chi connectivity index (χ2v) is 8.37. The Balaban J connectivity index is 1.94. The molecule has 3 aromatic rings. The lowest BCUT2D eigenvalue weighted by Crippen LogP contribution is -2.05. The van der Waals surface area contributed by atoms with Gasteiger partial charge >= 0.3 is 5.97 Å². The number of aryl methyl sites for hydroxylation is 1. The molecule has 26 heavy (non-hydrogen) atoms. The van der Waals surface area contributed by atoms with E-state index in [1.807, 2.05) is 0 Å². The summed E-state index contributed by atoms with van der Waals surface area (Å²) in [6.07, 6.45) is 2.48. The molecule has 2 N–H and O–H groups in total. The van der Waals surface area contributed by atoms with Gasteiger partial charge in [-0.2, -0.15) is 5.26 Å². The van der Waals surface area contributed by atoms with E-state index in [1.54, 1.807) is 24.6 Å². The Labute approximate surface area is 163 Å². The van der Waals surface area contributed by atoms with Gasteiger partial charge in [0.25, 0.3) is 0 Å². The molecule has 6 nitrogen and oxygen atoms in total. The molecular weight excluding hydrogens is 388 g/mol. The van der Waals surface area contributed by atoms with Crippen LogP contribution >= 0.6 is 34.4 Å². The number of thioether (sulfide) groups is 1. The molecule has 0 unspecified atom stereocenters. The highest BCUT2D eigenvalue weighted by atomic mass is 32.2. The molecule has 0 aliphatic rings. The maximum Gasteiger partial charge on any atom is 0.348 e. The van der Waals surface area contributed by atoms with E-state index in [0.717, 1.165) is 33.0 Å². The Morgan fingerprint density at radius 3 is 2.88 bits per heavy atom. The summed E-state index contributed by atoms with van der Waals surface area (Å²) in [5, 5.41) is 11.6. The summed E-state index contributed by atoms with van der Waals surface area (Å²) in [5.74, 6) is -0.0355. The predicted molar refractivity (Wildman–Crippen MR) is 106 cm³/mol. The van der Waals surface area contributed by atoms with Crippen molar-refractivity contribution >= 4 is 55.6 Å². The second-order valence-electron chi connectivity index (χ2n) is 5.23. The summed E-state index contributed by atoms with van der Waals surface area (Å²) >= 11 is 4.21. The second kappa shape index (κ2) is 8.03. The van der Waals surface area contributed by atoms with Crippen LogP contribution in [0, 0.1) is 11.3 Å². The van der Waals surface area contributed by atoms with Crippen LogP contribution in [-0.4, -0.2) is 22.5 Å². The van der Waals surface area contributed by atoms with E-state index in [4.69, 9.17) is 10.5 Å². The standard InChI is InChI=1S/C17H16N4O2S3/c1-3-9-5-10-15(20-8-21-16(10)25-9)24-7-12-11(6-18)14(19)26-13(12)17(22)23-4-2/h5,8H,3-4,7,19H2,1-2H3. The monoisotopic (exact) mass is 404 g/mol. The van der Waals surface area contributed by atoms with Gasteiger partial charge in [-0.1, -0.05) is 6.92 Å². The number of aromatic nitrogens is 2. The number of hydrogen-bond acceptors (Lipinski definition) is 9. The number of nitrogens with two attached hydrogens (primary N) is 1. The number of hydrogen-bond donors (Lipinski definition) is 1. The zero-order valence-corrected chi connectivity index (χ0v) is 16.7. The highest BCUT2D eigenvalue weighted by Gasteiger charge is 2.23. The van der Waals surface area contributed by atoms with Crippen molar-refractivity contribution < 1.29 is 9.53 Å². The first-order valence-electron chi connectivity index (χ1n) is 7.93. The van der Waals surface area contributed by atoms with Crippen molar-refractivity contribution in [2.45, 2.75) is 31.0 Å². The first-order chi connectivity index (χ1) is 12.6. The van der Waals surface area contributed by atoms with Crippen LogP contribution < -0.4 is 5.73 Å². The van der Waals surface area contributed by atoms with E-state index >= 15 is 0 Å². The summed E-state index contributed by atoms with van der Waals surface area (Å²) in [4.78, 5) is 23.5. The molecule has 0 fully saturated rings. The van der Waals surface area contributed by atoms with Gasteiger partial charge in [-0.15, -0.1) is 34.4 Å². The van der Waals surface area contributed by atoms with Crippen LogP contribution in [0.4, 0.5) is 5.00 Å². The van der Waals surface area contributed by atoms with Crippen molar-refractivity contribution in [3.8, 4) is 6.07 Å². The Morgan fingerprint density at radius 1 is 1.38 bits per heavy atom. The first-order valence-corrected chi connectivity index (χ1v) is 10.5. The number of rotatable bonds is 6. The molecule has 0 bridgehead atoms. The largest absolute Gasteiger partial charge is 0.462 e. The molecular formula is C17H16N4O2S3. The molecule has 0 aliphatic heterocycles. The predicted octanol–water partition coefficient (Wildman–Crippen LogP) is 4.24. The van der Waals surface area contributed by atoms with Gasteiger partial charge in [0.2, 0.25) is 0 Å². The minimum atomic E-state index is -0.446. The van der Waals surface area contributed by atoms with Crippen molar-refractivity contribution in [2.75, 3.05) is 12.3 Å². The van der Waals surface area contributed by atoms with E-state index in [9.17, 15) is 10.1 Å². The maximum absolute atomic E-state index is 12.2. The smallest absolute Gasteiger partial charge is 0.348 e. The molecule has 0 radical (unpaired) electrons. The zero-order valence-electron chi connectivity index (χ0n) is 14.2. The highest BCUT2D eigenvalue weighted by Crippen LogP contribution is 2.37. The zero-order chi connectivity index (χ0) is 18.7. The van der Waals surface area contributed by atoms with Crippen molar-refractivity contribution in [1.29, 1.82) is 5.26 Å². The van der Waals surface area contributed by atoms with Crippen LogP contribution in [0.25, 0.3) is 10.2 Å². The summed E-state index contributed by atoms with van der Waals surface area (Å²) in [6, 6.07) is 4.20. The van der Waals surface area contributed by atoms with Crippen LogP contribution in [0.15, 0.2) is 17.4 Å². The number of ether oxygens (including phenoxy) is 1. The van der Waals surface area contributed by atoms with Gasteiger partial charge in [0.1, 0.15) is 32.1 Å². The minimum absolute atomic E-state index is 0.270. The normalized spacial score (nSPS) is 10.8. The summed E-state index contributed by atoms with van der Waals surface area (Å²) in [7, 11) is 0. The first kappa shape index (κ1) is 18.6. The van der Waals surface area contributed by atoms with Crippen LogP contribution in [0.3, 0.4) is 0 Å². The van der Waals surface area contributed by atoms with Crippen molar-refractivity contribution in [3.63, 3.8) is 0 Å². The van der Waals surface area contributed by atoms with E-state index in [1.165, 1.54) is 16.6 Å². The highest BCUT2D eigenvalue weighted by molar-refractivity contribution is 7.98. The Bertz CT molecular complexity index is 1000. The van der Waals surface area contributed by atoms with E-state index < -0.39 is 5.97 Å². The molecule has 0 amide bonds. The molecule has 0 saturated heterocycles. The average molecular weight is 405 g/mol. The van der Waals surface area contributed by atoms with E-state index in [2.05, 4.69) is 29.0 Å². The maximum atomic E-state index is 12.2. The van der Waals surface area contributed by atoms with Crippen molar-refractivity contribution in [2.24, 2.45) is 0 Å². The lowest BCUT2D eigenvalue weighted by atomic mass is 10.2. The fourth-order valence-corrected chi connectivity index (χ4v) is 5.44. The lowest BCUT2D eigenvalue weighted by molar-refractivity contribution is 0.0531. The molecule has 3 aromatic heterocycles. The molecule has 0 atom stereocenters. The summed E-state index contributed by atoms with van der Waals surface area (Å²) < 4.78 is 5.09. The van der Waals surface area contributed by atoms with Crippen molar-refractivity contribution in [1.82, 2.24) is 9.97 Å². The van der Waals surface area contributed by atoms with Crippen LogP contribution in [0.1, 0.15) is 39.5 Å². The number of fused-ring (bicyclic) bond motifs is 1. The Hall–Kier alpha value is -2.15. The number of nitriles is 1. The summed E-state index contributed by atoms with van der Waals surface area (Å²) in [6.45, 7) is 4.12. The third-order valence-corrected chi connectivity index (χ3v) is 6.91. The Morgan fingerprint density at radius 2 is 2.19 bits per heavy atom. The quantitative estimate of drug-likeness (QED) is 0.372. The molecule has 9 heteroatoms. The Kier molecular flexibility index (Phi) is 5.76. The average Bonchev–Trinajstić information content (AvgIpc) is 3.20. The molecule has 0 aromatic carbocycles. The lowest BCUT2D eigenvalue weighted by Gasteiger charge is -2.05. The van der Waals surface area contributed by atoms with Crippen molar-refractivity contribution in [3.05, 3.63) is 33.3 Å². The SMILES string of the molecule is CCOC(=O)c1sc(N)c(C#N)c1CSc1ncnc2sc(CC)cc12. The number of carbonyl (C=O) groups excluding carboxylic acids is 1. The van der Waals surface area contributed by atoms with Crippen LogP contribution in [0.5, 0.6) is 0 Å². The molecule has 0 spiro atoms. The van der Waals surface area contributed by atoms with Crippen LogP contribution in [-0.2, 0) is 16.9 Å². The van der Waals surface area contributed by atoms with Gasteiger partial charge < -0.3 is 10.5 Å². The van der Waals surface area contributed by atoms with Crippen LogP contribution in [0.2, 0.25) is 0 Å². The van der Waals surface area contributed by atoms with Gasteiger partial charge in [-0.25, -0.2) is 14.8 Å². The number of nitrogens with zero attached hydrogens (tertiary/aromatic N) is 3. The minimum Gasteiger partial charge on any atom is -0.462 e. The third kappa shape index (κ3) is 3.53. The molecule has 3 rings (SSSR count). The number of anilines is 1. The van der Waals surface area contributed by atoms with Gasteiger partial charge in [-0.3, -0.25) is 0 Å². The van der Waals surface area contributed by atoms with Gasteiger partial charge in [0.05, 0.1) is 12.2 Å². The van der Waals surface area contributed by atoms with E-state index in [0.29, 0.717) is 26.8 Å². The molecule has 0 saturated carbocycles. The molecule has 3 heterocycles. The van der Waals surface area contributed by atoms with Gasteiger partial charge in [0, 0.05) is 21.6 Å². The van der Waals surface area contributed by atoms with E-state index in [-0.39, 0.29) is 6.61 Å². The molecule has 134 valence electrons.